The number of carbonyl (C=O) groups excluding carboxylic acids is 1. The predicted molar refractivity (Wildman–Crippen MR) is 121 cm³/mol. The summed E-state index contributed by atoms with van der Waals surface area (Å²) in [7, 11) is 0. The Morgan fingerprint density at radius 1 is 0.971 bits per heavy atom. The number of alkyl halides is 3. The van der Waals surface area contributed by atoms with E-state index in [1.165, 1.54) is 0 Å². The van der Waals surface area contributed by atoms with Crippen LogP contribution in [0.3, 0.4) is 0 Å². The molecule has 0 saturated carbocycles. The number of hydrogen-bond acceptors (Lipinski definition) is 5. The van der Waals surface area contributed by atoms with Crippen molar-refractivity contribution in [3.05, 3.63) is 89.7 Å². The molecule has 0 aromatic heterocycles. The van der Waals surface area contributed by atoms with E-state index in [0.29, 0.717) is 29.2 Å². The van der Waals surface area contributed by atoms with Gasteiger partial charge in [-0.15, -0.1) is 0 Å². The molecule has 3 rings (SSSR count). The molecule has 0 aliphatic rings. The second kappa shape index (κ2) is 10.9. The highest BCUT2D eigenvalue weighted by atomic mass is 19.4. The predicted octanol–water partition coefficient (Wildman–Crippen LogP) is 6.88. The fraction of sp³-hybridized carbons (Fsp3) is 0.231. The minimum Gasteiger partial charge on any atom is -0.457 e. The summed E-state index contributed by atoms with van der Waals surface area (Å²) in [6.45, 7) is 3.30. The van der Waals surface area contributed by atoms with Gasteiger partial charge in [-0.3, -0.25) is 0 Å². The van der Waals surface area contributed by atoms with Crippen LogP contribution in [0.4, 0.5) is 23.2 Å². The van der Waals surface area contributed by atoms with Crippen LogP contribution in [0.25, 0.3) is 0 Å². The third-order valence-electron chi connectivity index (χ3n) is 5.02. The summed E-state index contributed by atoms with van der Waals surface area (Å²) in [5.74, 6) is -1.45. The highest BCUT2D eigenvalue weighted by molar-refractivity contribution is 5.80. The fourth-order valence-electron chi connectivity index (χ4n) is 3.20. The van der Waals surface area contributed by atoms with E-state index in [4.69, 9.17) is 9.47 Å². The molecule has 0 aliphatic carbocycles. The minimum absolute atomic E-state index is 0.291. The maximum atomic E-state index is 14.3. The molecular formula is C26H22F4N2O3. The number of esters is 1. The van der Waals surface area contributed by atoms with Crippen molar-refractivity contribution >= 4 is 11.7 Å². The summed E-state index contributed by atoms with van der Waals surface area (Å²) in [4.78, 5) is 12.9. The standard InChI is InChI=1S/C26H22F4N2O3/c1-16(2)24(32-22-12-11-18(14-21(22)27)26(28,29)30)25(33)35-23(15-31)17-7-6-10-20(13-17)34-19-8-4-3-5-9-19/h3-14,16,23-24,32H,1-2H3/t23-,24-/m0/s1. The normalized spacial score (nSPS) is 13.0. The van der Waals surface area contributed by atoms with E-state index in [9.17, 15) is 27.6 Å². The lowest BCUT2D eigenvalue weighted by atomic mass is 10.0. The lowest BCUT2D eigenvalue weighted by Gasteiger charge is -2.24. The molecule has 0 unspecified atom stereocenters. The molecule has 5 nitrogen and oxygen atoms in total. The minimum atomic E-state index is -4.70. The molecule has 2 atom stereocenters. The van der Waals surface area contributed by atoms with E-state index in [2.05, 4.69) is 5.32 Å². The van der Waals surface area contributed by atoms with Gasteiger partial charge in [-0.25, -0.2) is 9.18 Å². The number of benzene rings is 3. The molecular weight excluding hydrogens is 464 g/mol. The molecule has 0 heterocycles. The third kappa shape index (κ3) is 6.73. The van der Waals surface area contributed by atoms with Gasteiger partial charge < -0.3 is 14.8 Å². The number of carbonyl (C=O) groups is 1. The second-order valence-electron chi connectivity index (χ2n) is 7.99. The summed E-state index contributed by atoms with van der Waals surface area (Å²) in [5, 5.41) is 12.2. The lowest BCUT2D eigenvalue weighted by molar-refractivity contribution is -0.149. The lowest BCUT2D eigenvalue weighted by Crippen LogP contribution is -2.37. The van der Waals surface area contributed by atoms with Crippen molar-refractivity contribution in [3.63, 3.8) is 0 Å². The maximum Gasteiger partial charge on any atom is 0.416 e. The van der Waals surface area contributed by atoms with Crippen LogP contribution in [-0.4, -0.2) is 12.0 Å². The van der Waals surface area contributed by atoms with E-state index in [-0.39, 0.29) is 5.69 Å². The highest BCUT2D eigenvalue weighted by Crippen LogP contribution is 2.32. The molecule has 0 fully saturated rings. The number of anilines is 1. The number of ether oxygens (including phenoxy) is 2. The van der Waals surface area contributed by atoms with Gasteiger partial charge in [0.05, 0.1) is 11.3 Å². The Labute approximate surface area is 199 Å². The molecule has 3 aromatic rings. The summed E-state index contributed by atoms with van der Waals surface area (Å²) >= 11 is 0. The van der Waals surface area contributed by atoms with Crippen LogP contribution in [0, 0.1) is 23.1 Å². The van der Waals surface area contributed by atoms with Crippen molar-refractivity contribution in [1.29, 1.82) is 5.26 Å². The fourth-order valence-corrected chi connectivity index (χ4v) is 3.20. The van der Waals surface area contributed by atoms with E-state index < -0.39 is 41.6 Å². The molecule has 0 aliphatic heterocycles. The Kier molecular flexibility index (Phi) is 7.97. The van der Waals surface area contributed by atoms with Crippen molar-refractivity contribution in [2.24, 2.45) is 5.92 Å². The van der Waals surface area contributed by atoms with Gasteiger partial charge in [0.15, 0.2) is 0 Å². The Balaban J connectivity index is 1.75. The average Bonchev–Trinajstić information content (AvgIpc) is 2.81. The van der Waals surface area contributed by atoms with Gasteiger partial charge in [-0.05, 0) is 48.4 Å². The van der Waals surface area contributed by atoms with Gasteiger partial charge in [0.2, 0.25) is 6.10 Å². The van der Waals surface area contributed by atoms with Crippen LogP contribution < -0.4 is 10.1 Å². The molecule has 9 heteroatoms. The first kappa shape index (κ1) is 25.6. The average molecular weight is 486 g/mol. The quantitative estimate of drug-likeness (QED) is 0.278. The molecule has 0 amide bonds. The van der Waals surface area contributed by atoms with Crippen LogP contribution in [-0.2, 0) is 15.7 Å². The third-order valence-corrected chi connectivity index (χ3v) is 5.02. The largest absolute Gasteiger partial charge is 0.457 e. The topological polar surface area (TPSA) is 71.3 Å². The van der Waals surface area contributed by atoms with Crippen LogP contribution in [0.15, 0.2) is 72.8 Å². The number of nitriles is 1. The van der Waals surface area contributed by atoms with E-state index >= 15 is 0 Å². The molecule has 0 saturated heterocycles. The summed E-state index contributed by atoms with van der Waals surface area (Å²) in [6, 6.07) is 18.2. The maximum absolute atomic E-state index is 14.3. The number of halogens is 4. The molecule has 3 aromatic carbocycles. The van der Waals surface area contributed by atoms with Crippen LogP contribution in [0.5, 0.6) is 11.5 Å². The van der Waals surface area contributed by atoms with Crippen molar-refractivity contribution < 1.29 is 31.8 Å². The molecule has 0 bridgehead atoms. The number of hydrogen-bond donors (Lipinski definition) is 1. The van der Waals surface area contributed by atoms with Crippen molar-refractivity contribution in [2.45, 2.75) is 32.2 Å². The van der Waals surface area contributed by atoms with Gasteiger partial charge >= 0.3 is 12.1 Å². The van der Waals surface area contributed by atoms with Gasteiger partial charge in [-0.2, -0.15) is 18.4 Å². The Bertz CT molecular complexity index is 1210. The van der Waals surface area contributed by atoms with Gasteiger partial charge in [-0.1, -0.05) is 44.2 Å². The summed E-state index contributed by atoms with van der Waals surface area (Å²) in [6.07, 6.45) is -5.99. The van der Waals surface area contributed by atoms with Gasteiger partial charge in [0.25, 0.3) is 0 Å². The Morgan fingerprint density at radius 2 is 1.66 bits per heavy atom. The van der Waals surface area contributed by atoms with Crippen molar-refractivity contribution in [1.82, 2.24) is 0 Å². The van der Waals surface area contributed by atoms with Crippen molar-refractivity contribution in [2.75, 3.05) is 5.32 Å². The van der Waals surface area contributed by atoms with E-state index in [1.54, 1.807) is 62.4 Å². The monoisotopic (exact) mass is 486 g/mol. The molecule has 0 radical (unpaired) electrons. The zero-order valence-electron chi connectivity index (χ0n) is 18.8. The Morgan fingerprint density at radius 3 is 2.26 bits per heavy atom. The smallest absolute Gasteiger partial charge is 0.416 e. The number of para-hydroxylation sites is 1. The molecule has 182 valence electrons. The number of rotatable bonds is 8. The molecule has 1 N–H and O–H groups in total. The van der Waals surface area contributed by atoms with E-state index in [0.717, 1.165) is 6.07 Å². The first-order chi connectivity index (χ1) is 16.6. The van der Waals surface area contributed by atoms with Crippen molar-refractivity contribution in [3.8, 4) is 17.6 Å². The van der Waals surface area contributed by atoms with Crippen LogP contribution in [0.1, 0.15) is 31.1 Å². The first-order valence-corrected chi connectivity index (χ1v) is 10.6. The first-order valence-electron chi connectivity index (χ1n) is 10.6. The van der Waals surface area contributed by atoms with Gasteiger partial charge in [0, 0.05) is 5.56 Å². The van der Waals surface area contributed by atoms with E-state index in [1.807, 2.05) is 12.1 Å². The SMILES string of the molecule is CC(C)[C@H](Nc1ccc(C(F)(F)F)cc1F)C(=O)O[C@@H](C#N)c1cccc(Oc2ccccc2)c1. The summed E-state index contributed by atoms with van der Waals surface area (Å²) in [5.41, 5.74) is -1.08. The number of nitrogens with zero attached hydrogens (tertiary/aromatic N) is 1. The van der Waals surface area contributed by atoms with Crippen LogP contribution >= 0.6 is 0 Å². The highest BCUT2D eigenvalue weighted by Gasteiger charge is 2.32. The second-order valence-corrected chi connectivity index (χ2v) is 7.99. The summed E-state index contributed by atoms with van der Waals surface area (Å²) < 4.78 is 63.9. The van der Waals surface area contributed by atoms with Crippen LogP contribution in [0.2, 0.25) is 0 Å². The molecule has 0 spiro atoms. The number of nitrogens with one attached hydrogen (secondary N) is 1. The van der Waals surface area contributed by atoms with Gasteiger partial charge in [0.1, 0.15) is 29.4 Å². The molecule has 35 heavy (non-hydrogen) atoms. The zero-order chi connectivity index (χ0) is 25.6. The Hall–Kier alpha value is -4.06. The zero-order valence-corrected chi connectivity index (χ0v) is 18.8.